The summed E-state index contributed by atoms with van der Waals surface area (Å²) >= 11 is 0. The maximum atomic E-state index is 14.4. The van der Waals surface area contributed by atoms with E-state index in [1.54, 1.807) is 39.8 Å². The number of hydrogen-bond donors (Lipinski definition) is 7. The molecule has 15 nitrogen and oxygen atoms in total. The molecule has 9 unspecified atom stereocenters. The maximum Gasteiger partial charge on any atom is 0.312 e. The standard InChI is InChI=1S/C45H61N3O12/c1-22-15-14-16-23(2)44(56)47-35-30(21-46-48-29-17-12-10-11-13-18-29)39(53)32-33(40(35)54)38(52)27(6)42-34(32)43(55)45(8,60-42)58-20-19-31(57-9)24(3)41(59-28(7)49)26(5)37(51)25(4)36(22)50/h14-16,19-22,24-26,29,31,36-37,41,48,50-54H,10-13,17-18H2,1-9H3,(H,47,56)/b15-14?,20-19?,23-16?,46-21+. The van der Waals surface area contributed by atoms with Gasteiger partial charge in [0.15, 0.2) is 5.75 Å². The molecule has 3 heterocycles. The molecule has 2 aromatic carbocycles. The van der Waals surface area contributed by atoms with Crippen LogP contribution in [0.5, 0.6) is 23.0 Å². The van der Waals surface area contributed by atoms with Crippen molar-refractivity contribution in [2.75, 3.05) is 12.4 Å². The van der Waals surface area contributed by atoms with E-state index in [2.05, 4.69) is 15.8 Å². The van der Waals surface area contributed by atoms with Gasteiger partial charge in [-0.3, -0.25) is 14.4 Å². The van der Waals surface area contributed by atoms with Crippen LogP contribution in [0.1, 0.15) is 108 Å². The SMILES string of the molecule is COC1C=COC2(C)Oc3c(C)c(O)c4c(O)c(c(/C=N/NC5CCCCCC5)c(O)c4c3C2=O)NC(=O)C(C)=CC=CC(C)C(O)C(C)C(O)C(C)C(OC(C)=O)C1C. The minimum atomic E-state index is -2.04. The van der Waals surface area contributed by atoms with Crippen LogP contribution in [0.25, 0.3) is 10.8 Å². The Morgan fingerprint density at radius 1 is 0.933 bits per heavy atom. The first-order chi connectivity index (χ1) is 28.3. The Hall–Kier alpha value is -5.12. The predicted molar refractivity (Wildman–Crippen MR) is 226 cm³/mol. The lowest BCUT2D eigenvalue weighted by Gasteiger charge is -2.38. The van der Waals surface area contributed by atoms with Gasteiger partial charge in [0, 0.05) is 67.2 Å². The lowest BCUT2D eigenvalue weighted by Crippen LogP contribution is -2.46. The van der Waals surface area contributed by atoms with E-state index in [0.717, 1.165) is 38.5 Å². The molecular formula is C45H61N3O12. The number of hydrogen-bond acceptors (Lipinski definition) is 14. The van der Waals surface area contributed by atoms with E-state index >= 15 is 0 Å². The second-order valence-corrected chi connectivity index (χ2v) is 16.7. The zero-order valence-electron chi connectivity index (χ0n) is 35.9. The van der Waals surface area contributed by atoms with Gasteiger partial charge < -0.3 is 55.2 Å². The molecule has 9 atom stereocenters. The number of carbonyl (C=O) groups excluding carboxylic acids is 3. The van der Waals surface area contributed by atoms with Gasteiger partial charge in [-0.05, 0) is 32.8 Å². The number of allylic oxidation sites excluding steroid dienone is 2. The molecule has 7 N–H and O–H groups in total. The second kappa shape index (κ2) is 19.1. The Bertz CT molecular complexity index is 2070. The number of anilines is 1. The Kier molecular flexibility index (Phi) is 14.6. The van der Waals surface area contributed by atoms with Crippen LogP contribution in [0.3, 0.4) is 0 Å². The van der Waals surface area contributed by atoms with Gasteiger partial charge >= 0.3 is 11.8 Å². The molecule has 1 fully saturated rings. The number of phenolic OH excluding ortho intramolecular Hbond substituents is 3. The number of fused-ring (bicyclic) bond motifs is 14. The number of nitrogens with one attached hydrogen (secondary N) is 2. The topological polar surface area (TPSA) is 226 Å². The third kappa shape index (κ3) is 9.27. The summed E-state index contributed by atoms with van der Waals surface area (Å²) < 4.78 is 23.6. The normalized spacial score (nSPS) is 29.9. The fraction of sp³-hybridized carbons (Fsp3) is 0.556. The molecule has 3 aliphatic heterocycles. The van der Waals surface area contributed by atoms with Gasteiger partial charge in [0.05, 0.1) is 53.0 Å². The molecule has 0 aromatic heterocycles. The molecule has 0 spiro atoms. The van der Waals surface area contributed by atoms with E-state index in [1.807, 2.05) is 0 Å². The number of aliphatic hydroxyl groups is 2. The summed E-state index contributed by atoms with van der Waals surface area (Å²) in [5.41, 5.74) is 2.78. The van der Waals surface area contributed by atoms with Gasteiger partial charge in [-0.25, -0.2) is 0 Å². The third-order valence-electron chi connectivity index (χ3n) is 12.3. The highest BCUT2D eigenvalue weighted by molar-refractivity contribution is 6.23. The van der Waals surface area contributed by atoms with Crippen LogP contribution < -0.4 is 15.5 Å². The number of phenols is 3. The fourth-order valence-electron chi connectivity index (χ4n) is 8.49. The minimum absolute atomic E-state index is 0.0583. The lowest BCUT2D eigenvalue weighted by molar-refractivity contribution is -0.160. The number of carbonyl (C=O) groups is 3. The van der Waals surface area contributed by atoms with E-state index in [0.29, 0.717) is 0 Å². The van der Waals surface area contributed by atoms with E-state index in [9.17, 15) is 39.9 Å². The Morgan fingerprint density at radius 2 is 1.60 bits per heavy atom. The molecule has 0 radical (unpaired) electrons. The largest absolute Gasteiger partial charge is 0.507 e. The molecule has 6 rings (SSSR count). The van der Waals surface area contributed by atoms with Crippen LogP contribution in [-0.2, 0) is 23.8 Å². The van der Waals surface area contributed by atoms with E-state index in [-0.39, 0.29) is 50.5 Å². The summed E-state index contributed by atoms with van der Waals surface area (Å²) in [6.07, 6.45) is 10.9. The monoisotopic (exact) mass is 835 g/mol. The number of aromatic hydroxyl groups is 3. The molecule has 1 amide bonds. The highest BCUT2D eigenvalue weighted by Gasteiger charge is 2.50. The number of Topliss-reactive ketones (excluding diaryl/α,β-unsaturated/α-hetero) is 1. The van der Waals surface area contributed by atoms with Crippen molar-refractivity contribution in [1.82, 2.24) is 5.43 Å². The Labute approximate surface area is 351 Å². The lowest BCUT2D eigenvalue weighted by atomic mass is 9.78. The number of nitrogens with zero attached hydrogens (tertiary/aromatic N) is 1. The number of methoxy groups -OCH3 is 1. The molecule has 328 valence electrons. The second-order valence-electron chi connectivity index (χ2n) is 16.7. The fourth-order valence-corrected chi connectivity index (χ4v) is 8.49. The van der Waals surface area contributed by atoms with Crippen LogP contribution in [0.4, 0.5) is 5.69 Å². The number of hydrazone groups is 1. The summed E-state index contributed by atoms with van der Waals surface area (Å²) in [6.45, 7) is 12.5. The summed E-state index contributed by atoms with van der Waals surface area (Å²) in [4.78, 5) is 40.5. The van der Waals surface area contributed by atoms with E-state index < -0.39 is 88.8 Å². The van der Waals surface area contributed by atoms with Gasteiger partial charge in [0.1, 0.15) is 23.4 Å². The Morgan fingerprint density at radius 3 is 2.23 bits per heavy atom. The molecule has 2 aromatic rings. The van der Waals surface area contributed by atoms with Crippen molar-refractivity contribution in [3.05, 3.63) is 52.8 Å². The molecule has 1 saturated carbocycles. The highest BCUT2D eigenvalue weighted by atomic mass is 16.7. The molecule has 5 bridgehead atoms. The van der Waals surface area contributed by atoms with Crippen molar-refractivity contribution in [1.29, 1.82) is 0 Å². The van der Waals surface area contributed by atoms with Crippen LogP contribution in [0.15, 0.2) is 41.2 Å². The average molecular weight is 836 g/mol. The smallest absolute Gasteiger partial charge is 0.312 e. The average Bonchev–Trinajstić information content (AvgIpc) is 3.34. The molecule has 60 heavy (non-hydrogen) atoms. The predicted octanol–water partition coefficient (Wildman–Crippen LogP) is 6.40. The first-order valence-corrected chi connectivity index (χ1v) is 20.7. The number of amides is 1. The highest BCUT2D eigenvalue weighted by Crippen LogP contribution is 2.55. The van der Waals surface area contributed by atoms with Gasteiger partial charge in [-0.2, -0.15) is 5.10 Å². The van der Waals surface area contributed by atoms with Crippen molar-refractivity contribution in [3.63, 3.8) is 0 Å². The van der Waals surface area contributed by atoms with Gasteiger partial charge in [0.2, 0.25) is 0 Å². The van der Waals surface area contributed by atoms with E-state index in [4.69, 9.17) is 18.9 Å². The van der Waals surface area contributed by atoms with Crippen molar-refractivity contribution >= 4 is 40.3 Å². The first-order valence-electron chi connectivity index (χ1n) is 20.7. The van der Waals surface area contributed by atoms with E-state index in [1.165, 1.54) is 59.4 Å². The molecule has 4 aliphatic rings. The third-order valence-corrected chi connectivity index (χ3v) is 12.3. The molecule has 0 saturated heterocycles. The summed E-state index contributed by atoms with van der Waals surface area (Å²) in [7, 11) is 1.44. The zero-order valence-corrected chi connectivity index (χ0v) is 35.9. The summed E-state index contributed by atoms with van der Waals surface area (Å²) in [5, 5.41) is 65.0. The van der Waals surface area contributed by atoms with Crippen molar-refractivity contribution in [2.24, 2.45) is 28.8 Å². The number of rotatable bonds is 5. The van der Waals surface area contributed by atoms with Crippen molar-refractivity contribution < 1.29 is 58.9 Å². The zero-order chi connectivity index (χ0) is 44.2. The number of ether oxygens (including phenoxy) is 4. The first kappa shape index (κ1) is 46.0. The van der Waals surface area contributed by atoms with Crippen LogP contribution in [0, 0.1) is 30.6 Å². The van der Waals surface area contributed by atoms with Gasteiger partial charge in [0.25, 0.3) is 11.7 Å². The number of benzene rings is 2. The summed E-state index contributed by atoms with van der Waals surface area (Å²) in [6, 6.07) is 0.0598. The van der Waals surface area contributed by atoms with Crippen LogP contribution in [0.2, 0.25) is 0 Å². The minimum Gasteiger partial charge on any atom is -0.507 e. The summed E-state index contributed by atoms with van der Waals surface area (Å²) in [5.74, 6) is -8.33. The van der Waals surface area contributed by atoms with Gasteiger partial charge in [-0.15, -0.1) is 0 Å². The quantitative estimate of drug-likeness (QED) is 0.0433. The van der Waals surface area contributed by atoms with Crippen LogP contribution >= 0.6 is 0 Å². The van der Waals surface area contributed by atoms with Crippen molar-refractivity contribution in [2.45, 2.75) is 130 Å². The molecule has 15 heteroatoms. The molecular weight excluding hydrogens is 775 g/mol. The van der Waals surface area contributed by atoms with Crippen molar-refractivity contribution in [3.8, 4) is 23.0 Å². The number of esters is 1. The van der Waals surface area contributed by atoms with Crippen LogP contribution in [-0.4, -0.2) is 92.8 Å². The van der Waals surface area contributed by atoms with Gasteiger partial charge in [-0.1, -0.05) is 71.6 Å². The Balaban J connectivity index is 1.69. The molecule has 1 aliphatic carbocycles. The number of ketones is 1. The maximum absolute atomic E-state index is 14.4. The number of aliphatic hydroxyl groups excluding tert-OH is 2.